The highest BCUT2D eigenvalue weighted by atomic mass is 15.0. The summed E-state index contributed by atoms with van der Waals surface area (Å²) in [5.74, 6) is 0. The molecule has 0 spiro atoms. The number of anilines is 1. The fourth-order valence-electron chi connectivity index (χ4n) is 2.82. The molecule has 1 aliphatic carbocycles. The average Bonchev–Trinajstić information content (AvgIpc) is 2.28. The molecule has 2 heteroatoms. The normalized spacial score (nSPS) is 23.7. The van der Waals surface area contributed by atoms with E-state index in [1.807, 2.05) is 0 Å². The second kappa shape index (κ2) is 4.69. The molecule has 2 nitrogen and oxygen atoms in total. The molecule has 2 aliphatic rings. The molecule has 0 bridgehead atoms. The maximum Gasteiger partial charge on any atom is 0.0405 e. The molecule has 0 aromatic heterocycles. The molecule has 0 amide bonds. The van der Waals surface area contributed by atoms with E-state index in [0.717, 1.165) is 12.6 Å². The van der Waals surface area contributed by atoms with Gasteiger partial charge in [0.25, 0.3) is 0 Å². The van der Waals surface area contributed by atoms with Crippen LogP contribution in [-0.4, -0.2) is 18.6 Å². The number of benzene rings is 1. The van der Waals surface area contributed by atoms with Crippen molar-refractivity contribution in [2.75, 3.05) is 11.9 Å². The molecule has 0 radical (unpaired) electrons. The van der Waals surface area contributed by atoms with Crippen molar-refractivity contribution >= 4 is 5.69 Å². The number of fused-ring (bicyclic) bond motifs is 1. The van der Waals surface area contributed by atoms with Gasteiger partial charge in [-0.2, -0.15) is 0 Å². The van der Waals surface area contributed by atoms with Crippen LogP contribution in [0.2, 0.25) is 0 Å². The summed E-state index contributed by atoms with van der Waals surface area (Å²) >= 11 is 0. The lowest BCUT2D eigenvalue weighted by Gasteiger charge is -2.32. The molecule has 1 aromatic rings. The van der Waals surface area contributed by atoms with Crippen molar-refractivity contribution in [1.82, 2.24) is 5.32 Å². The highest BCUT2D eigenvalue weighted by Crippen LogP contribution is 2.28. The monoisotopic (exact) mass is 230 g/mol. The Labute approximate surface area is 104 Å². The van der Waals surface area contributed by atoms with Gasteiger partial charge >= 0.3 is 0 Å². The topological polar surface area (TPSA) is 24.1 Å². The Kier molecular flexibility index (Phi) is 3.06. The Hall–Kier alpha value is -1.02. The van der Waals surface area contributed by atoms with Gasteiger partial charge in [-0.3, -0.25) is 0 Å². The minimum absolute atomic E-state index is 0.615. The van der Waals surface area contributed by atoms with Crippen LogP contribution in [0.4, 0.5) is 5.69 Å². The van der Waals surface area contributed by atoms with Crippen molar-refractivity contribution in [2.45, 2.75) is 51.1 Å². The van der Waals surface area contributed by atoms with Crippen LogP contribution in [0.3, 0.4) is 0 Å². The van der Waals surface area contributed by atoms with Gasteiger partial charge in [0, 0.05) is 24.3 Å². The molecule has 92 valence electrons. The lowest BCUT2D eigenvalue weighted by molar-refractivity contribution is 0.332. The predicted octanol–water partition coefficient (Wildman–Crippen LogP) is 2.86. The van der Waals surface area contributed by atoms with E-state index < -0.39 is 0 Å². The van der Waals surface area contributed by atoms with Crippen molar-refractivity contribution < 1.29 is 0 Å². The van der Waals surface area contributed by atoms with E-state index in [0.29, 0.717) is 6.04 Å². The second-order valence-corrected chi connectivity index (χ2v) is 5.53. The first-order chi connectivity index (χ1) is 8.33. The third-order valence-electron chi connectivity index (χ3n) is 4.23. The van der Waals surface area contributed by atoms with E-state index >= 15 is 0 Å². The second-order valence-electron chi connectivity index (χ2n) is 5.53. The van der Waals surface area contributed by atoms with E-state index in [-0.39, 0.29) is 0 Å². The van der Waals surface area contributed by atoms with Crippen LogP contribution < -0.4 is 10.6 Å². The first kappa shape index (κ1) is 11.1. The summed E-state index contributed by atoms with van der Waals surface area (Å²) in [6.07, 6.45) is 6.65. The first-order valence-corrected chi connectivity index (χ1v) is 6.91. The molecule has 1 aromatic carbocycles. The summed E-state index contributed by atoms with van der Waals surface area (Å²) < 4.78 is 0. The summed E-state index contributed by atoms with van der Waals surface area (Å²) in [5, 5.41) is 7.38. The van der Waals surface area contributed by atoms with Crippen LogP contribution in [0, 0.1) is 6.92 Å². The van der Waals surface area contributed by atoms with E-state index in [4.69, 9.17) is 0 Å². The number of nitrogens with one attached hydrogen (secondary N) is 2. The zero-order valence-electron chi connectivity index (χ0n) is 10.6. The Bertz CT molecular complexity index is 396. The van der Waals surface area contributed by atoms with E-state index in [1.54, 1.807) is 0 Å². The maximum absolute atomic E-state index is 3.71. The highest BCUT2D eigenvalue weighted by Gasteiger charge is 2.21. The Morgan fingerprint density at radius 3 is 2.94 bits per heavy atom. The Balaban J connectivity index is 1.61. The first-order valence-electron chi connectivity index (χ1n) is 6.91. The molecule has 17 heavy (non-hydrogen) atoms. The van der Waals surface area contributed by atoms with Gasteiger partial charge in [0.15, 0.2) is 0 Å². The fourth-order valence-corrected chi connectivity index (χ4v) is 2.82. The van der Waals surface area contributed by atoms with Gasteiger partial charge in [0.05, 0.1) is 0 Å². The third kappa shape index (κ3) is 2.32. The molecular weight excluding hydrogens is 208 g/mol. The summed E-state index contributed by atoms with van der Waals surface area (Å²) in [6, 6.07) is 8.04. The minimum Gasteiger partial charge on any atom is -0.381 e. The van der Waals surface area contributed by atoms with E-state index in [9.17, 15) is 0 Å². The lowest BCUT2D eigenvalue weighted by atomic mass is 9.92. The van der Waals surface area contributed by atoms with Gasteiger partial charge in [-0.25, -0.2) is 0 Å². The van der Waals surface area contributed by atoms with E-state index in [2.05, 4.69) is 35.8 Å². The number of para-hydroxylation sites is 1. The standard InChI is InChI=1S/C15H22N2/c1-11-4-2-5-12-8-9-14(17-15(11)12)10-16-13-6-3-7-13/h2,4-5,13-14,16-17H,3,6-10H2,1H3. The fraction of sp³-hybridized carbons (Fsp3) is 0.600. The van der Waals surface area contributed by atoms with Crippen LogP contribution in [0.25, 0.3) is 0 Å². The summed E-state index contributed by atoms with van der Waals surface area (Å²) in [7, 11) is 0. The molecule has 2 N–H and O–H groups in total. The molecule has 1 fully saturated rings. The molecule has 1 atom stereocenters. The zero-order chi connectivity index (χ0) is 11.7. The highest BCUT2D eigenvalue weighted by molar-refractivity contribution is 5.59. The quantitative estimate of drug-likeness (QED) is 0.834. The van der Waals surface area contributed by atoms with Gasteiger partial charge in [0.2, 0.25) is 0 Å². The van der Waals surface area contributed by atoms with Gasteiger partial charge in [-0.05, 0) is 43.7 Å². The van der Waals surface area contributed by atoms with Crippen LogP contribution >= 0.6 is 0 Å². The van der Waals surface area contributed by atoms with Crippen LogP contribution in [-0.2, 0) is 6.42 Å². The average molecular weight is 230 g/mol. The number of rotatable bonds is 3. The van der Waals surface area contributed by atoms with Crippen molar-refractivity contribution in [3.8, 4) is 0 Å². The molecule has 3 rings (SSSR count). The van der Waals surface area contributed by atoms with Crippen LogP contribution in [0.1, 0.15) is 36.8 Å². The van der Waals surface area contributed by atoms with Gasteiger partial charge in [-0.15, -0.1) is 0 Å². The van der Waals surface area contributed by atoms with E-state index in [1.165, 1.54) is 48.9 Å². The molecule has 1 heterocycles. The summed E-state index contributed by atoms with van der Waals surface area (Å²) in [6.45, 7) is 3.33. The van der Waals surface area contributed by atoms with Crippen LogP contribution in [0.15, 0.2) is 18.2 Å². The van der Waals surface area contributed by atoms with Crippen molar-refractivity contribution in [3.63, 3.8) is 0 Å². The predicted molar refractivity (Wildman–Crippen MR) is 72.6 cm³/mol. The van der Waals surface area contributed by atoms with Gasteiger partial charge < -0.3 is 10.6 Å². The van der Waals surface area contributed by atoms with Crippen molar-refractivity contribution in [1.29, 1.82) is 0 Å². The van der Waals surface area contributed by atoms with Crippen molar-refractivity contribution in [3.05, 3.63) is 29.3 Å². The summed E-state index contributed by atoms with van der Waals surface area (Å²) in [4.78, 5) is 0. The molecule has 1 saturated carbocycles. The molecule has 0 saturated heterocycles. The summed E-state index contributed by atoms with van der Waals surface area (Å²) in [5.41, 5.74) is 4.26. The number of hydrogen-bond donors (Lipinski definition) is 2. The zero-order valence-corrected chi connectivity index (χ0v) is 10.6. The molecule has 1 unspecified atom stereocenters. The SMILES string of the molecule is Cc1cccc2c1NC(CNC1CCC1)CC2. The van der Waals surface area contributed by atoms with Crippen LogP contribution in [0.5, 0.6) is 0 Å². The largest absolute Gasteiger partial charge is 0.381 e. The number of aryl methyl sites for hydroxylation is 2. The molecule has 1 aliphatic heterocycles. The lowest BCUT2D eigenvalue weighted by Crippen LogP contribution is -2.43. The van der Waals surface area contributed by atoms with Gasteiger partial charge in [-0.1, -0.05) is 24.6 Å². The Morgan fingerprint density at radius 2 is 2.18 bits per heavy atom. The minimum atomic E-state index is 0.615. The Morgan fingerprint density at radius 1 is 1.29 bits per heavy atom. The number of hydrogen-bond acceptors (Lipinski definition) is 2. The smallest absolute Gasteiger partial charge is 0.0405 e. The maximum atomic E-state index is 3.71. The van der Waals surface area contributed by atoms with Crippen molar-refractivity contribution in [2.24, 2.45) is 0 Å². The molecular formula is C15H22N2. The van der Waals surface area contributed by atoms with Gasteiger partial charge in [0.1, 0.15) is 0 Å². The third-order valence-corrected chi connectivity index (χ3v) is 4.23.